The zero-order valence-corrected chi connectivity index (χ0v) is 9.52. The molecule has 0 aliphatic heterocycles. The third kappa shape index (κ3) is 2.22. The highest BCUT2D eigenvalue weighted by atomic mass is 19.2. The van der Waals surface area contributed by atoms with Crippen LogP contribution >= 0.6 is 0 Å². The van der Waals surface area contributed by atoms with E-state index in [4.69, 9.17) is 5.11 Å². The van der Waals surface area contributed by atoms with Gasteiger partial charge in [0.15, 0.2) is 11.6 Å². The second-order valence-electron chi connectivity index (χ2n) is 3.83. The number of halogens is 2. The molecule has 2 aromatic rings. The molecule has 18 heavy (non-hydrogen) atoms. The molecule has 0 aliphatic rings. The first-order valence-corrected chi connectivity index (χ1v) is 5.18. The van der Waals surface area contributed by atoms with Gasteiger partial charge in [0.1, 0.15) is 11.5 Å². The van der Waals surface area contributed by atoms with E-state index < -0.39 is 17.6 Å². The van der Waals surface area contributed by atoms with E-state index in [2.05, 4.69) is 4.98 Å². The molecule has 0 fully saturated rings. The third-order valence-corrected chi connectivity index (χ3v) is 2.60. The average Bonchev–Trinajstić information content (AvgIpc) is 2.66. The summed E-state index contributed by atoms with van der Waals surface area (Å²) in [6, 6.07) is 3.46. The second-order valence-corrected chi connectivity index (χ2v) is 3.83. The van der Waals surface area contributed by atoms with Gasteiger partial charge in [-0.25, -0.2) is 18.6 Å². The van der Waals surface area contributed by atoms with Gasteiger partial charge >= 0.3 is 5.97 Å². The lowest BCUT2D eigenvalue weighted by Crippen LogP contribution is -2.11. The highest BCUT2D eigenvalue weighted by molar-refractivity contribution is 5.85. The number of carboxylic acid groups (broad SMARTS) is 1. The summed E-state index contributed by atoms with van der Waals surface area (Å²) >= 11 is 0. The number of benzene rings is 1. The first-order valence-electron chi connectivity index (χ1n) is 5.18. The molecular formula is C12H10F2N2O2. The van der Waals surface area contributed by atoms with Crippen molar-refractivity contribution < 1.29 is 18.7 Å². The number of hydrogen-bond acceptors (Lipinski definition) is 2. The maximum absolute atomic E-state index is 13.1. The molecular weight excluding hydrogens is 242 g/mol. The number of rotatable bonds is 3. The van der Waals surface area contributed by atoms with Gasteiger partial charge in [0, 0.05) is 6.54 Å². The number of aromatic nitrogens is 2. The Kier molecular flexibility index (Phi) is 3.10. The summed E-state index contributed by atoms with van der Waals surface area (Å²) in [5, 5.41) is 8.96. The predicted molar refractivity (Wildman–Crippen MR) is 59.4 cm³/mol. The van der Waals surface area contributed by atoms with E-state index in [1.165, 1.54) is 16.8 Å². The van der Waals surface area contributed by atoms with Crippen molar-refractivity contribution in [2.45, 2.75) is 13.5 Å². The Labute approximate surface area is 102 Å². The van der Waals surface area contributed by atoms with E-state index in [-0.39, 0.29) is 12.2 Å². The first-order chi connectivity index (χ1) is 8.49. The summed E-state index contributed by atoms with van der Waals surface area (Å²) in [5.41, 5.74) is 0.481. The number of aromatic carboxylic acids is 1. The van der Waals surface area contributed by atoms with E-state index >= 15 is 0 Å². The molecule has 0 radical (unpaired) electrons. The van der Waals surface area contributed by atoms with Gasteiger partial charge in [-0.2, -0.15) is 0 Å². The maximum Gasteiger partial charge on any atom is 0.354 e. The lowest BCUT2D eigenvalue weighted by atomic mass is 10.2. The topological polar surface area (TPSA) is 55.1 Å². The summed E-state index contributed by atoms with van der Waals surface area (Å²) in [4.78, 5) is 14.8. The van der Waals surface area contributed by atoms with Crippen LogP contribution in [0.25, 0.3) is 0 Å². The Balaban J connectivity index is 2.36. The molecule has 0 aliphatic carbocycles. The van der Waals surface area contributed by atoms with Crippen LogP contribution in [-0.2, 0) is 6.54 Å². The van der Waals surface area contributed by atoms with Crippen molar-refractivity contribution in [3.63, 3.8) is 0 Å². The fraction of sp³-hybridized carbons (Fsp3) is 0.167. The molecule has 6 heteroatoms. The quantitative estimate of drug-likeness (QED) is 0.911. The standard InChI is InChI=1S/C12H10F2N2O2/c1-7-15-5-11(12(17)18)16(7)6-8-2-3-9(13)10(14)4-8/h2-5H,6H2,1H3,(H,17,18). The van der Waals surface area contributed by atoms with Crippen molar-refractivity contribution in [1.29, 1.82) is 0 Å². The van der Waals surface area contributed by atoms with Crippen LogP contribution in [0, 0.1) is 18.6 Å². The van der Waals surface area contributed by atoms with Gasteiger partial charge in [-0.1, -0.05) is 6.07 Å². The molecule has 1 heterocycles. The number of carbonyl (C=O) groups is 1. The Morgan fingerprint density at radius 3 is 2.72 bits per heavy atom. The van der Waals surface area contributed by atoms with Crippen molar-refractivity contribution in [3.8, 4) is 0 Å². The summed E-state index contributed by atoms with van der Waals surface area (Å²) in [7, 11) is 0. The van der Waals surface area contributed by atoms with Crippen LogP contribution in [0.15, 0.2) is 24.4 Å². The van der Waals surface area contributed by atoms with Crippen LogP contribution in [0.3, 0.4) is 0 Å². The van der Waals surface area contributed by atoms with Gasteiger partial charge < -0.3 is 9.67 Å². The number of carboxylic acids is 1. The molecule has 0 saturated heterocycles. The van der Waals surface area contributed by atoms with Crippen molar-refractivity contribution in [3.05, 3.63) is 53.1 Å². The van der Waals surface area contributed by atoms with Crippen LogP contribution in [0.1, 0.15) is 21.9 Å². The molecule has 0 atom stereocenters. The molecule has 0 saturated carbocycles. The third-order valence-electron chi connectivity index (χ3n) is 2.60. The van der Waals surface area contributed by atoms with Gasteiger partial charge in [0.25, 0.3) is 0 Å². The molecule has 1 N–H and O–H groups in total. The fourth-order valence-corrected chi connectivity index (χ4v) is 1.66. The number of nitrogens with zero attached hydrogens (tertiary/aromatic N) is 2. The maximum atomic E-state index is 13.1. The predicted octanol–water partition coefficient (Wildman–Crippen LogP) is 2.22. The lowest BCUT2D eigenvalue weighted by molar-refractivity contribution is 0.0685. The molecule has 1 aromatic carbocycles. The van der Waals surface area contributed by atoms with Crippen LogP contribution in [0.5, 0.6) is 0 Å². The Morgan fingerprint density at radius 2 is 2.11 bits per heavy atom. The van der Waals surface area contributed by atoms with E-state index in [1.807, 2.05) is 0 Å². The molecule has 0 amide bonds. The normalized spacial score (nSPS) is 10.6. The molecule has 2 rings (SSSR count). The van der Waals surface area contributed by atoms with Crippen molar-refractivity contribution in [2.24, 2.45) is 0 Å². The van der Waals surface area contributed by atoms with Gasteiger partial charge in [0.05, 0.1) is 6.20 Å². The van der Waals surface area contributed by atoms with Gasteiger partial charge in [-0.05, 0) is 24.6 Å². The van der Waals surface area contributed by atoms with Crippen LogP contribution < -0.4 is 0 Å². The second kappa shape index (κ2) is 4.56. The van der Waals surface area contributed by atoms with Crippen molar-refractivity contribution >= 4 is 5.97 Å². The van der Waals surface area contributed by atoms with E-state index in [9.17, 15) is 13.6 Å². The van der Waals surface area contributed by atoms with Crippen LogP contribution in [0.2, 0.25) is 0 Å². The minimum Gasteiger partial charge on any atom is -0.477 e. The zero-order valence-electron chi connectivity index (χ0n) is 9.52. The zero-order chi connectivity index (χ0) is 13.3. The number of hydrogen-bond donors (Lipinski definition) is 1. The van der Waals surface area contributed by atoms with Crippen LogP contribution in [0.4, 0.5) is 8.78 Å². The number of imidazole rings is 1. The largest absolute Gasteiger partial charge is 0.477 e. The molecule has 0 unspecified atom stereocenters. The lowest BCUT2D eigenvalue weighted by Gasteiger charge is -2.08. The minimum absolute atomic E-state index is 0.0113. The highest BCUT2D eigenvalue weighted by Crippen LogP contribution is 2.13. The average molecular weight is 252 g/mol. The molecule has 0 bridgehead atoms. The Hall–Kier alpha value is -2.24. The van der Waals surface area contributed by atoms with Crippen molar-refractivity contribution in [2.75, 3.05) is 0 Å². The number of aryl methyl sites for hydroxylation is 1. The Bertz CT molecular complexity index is 608. The molecule has 1 aromatic heterocycles. The summed E-state index contributed by atoms with van der Waals surface area (Å²) < 4.78 is 27.3. The van der Waals surface area contributed by atoms with Crippen LogP contribution in [-0.4, -0.2) is 20.6 Å². The van der Waals surface area contributed by atoms with E-state index in [0.717, 1.165) is 12.1 Å². The fourth-order valence-electron chi connectivity index (χ4n) is 1.66. The van der Waals surface area contributed by atoms with Crippen molar-refractivity contribution in [1.82, 2.24) is 9.55 Å². The first kappa shape index (κ1) is 12.2. The SMILES string of the molecule is Cc1ncc(C(=O)O)n1Cc1ccc(F)c(F)c1. The summed E-state index contributed by atoms with van der Waals surface area (Å²) in [6.45, 7) is 1.77. The molecule has 0 spiro atoms. The highest BCUT2D eigenvalue weighted by Gasteiger charge is 2.14. The van der Waals surface area contributed by atoms with Gasteiger partial charge in [0.2, 0.25) is 0 Å². The Morgan fingerprint density at radius 1 is 1.39 bits per heavy atom. The minimum atomic E-state index is -1.11. The molecule has 94 valence electrons. The smallest absolute Gasteiger partial charge is 0.354 e. The van der Waals surface area contributed by atoms with E-state index in [1.54, 1.807) is 6.92 Å². The van der Waals surface area contributed by atoms with E-state index in [0.29, 0.717) is 11.4 Å². The van der Waals surface area contributed by atoms with Gasteiger partial charge in [-0.15, -0.1) is 0 Å². The summed E-state index contributed by atoms with van der Waals surface area (Å²) in [6.07, 6.45) is 1.23. The molecule has 4 nitrogen and oxygen atoms in total. The summed E-state index contributed by atoms with van der Waals surface area (Å²) in [5.74, 6) is -2.50. The van der Waals surface area contributed by atoms with Gasteiger partial charge in [-0.3, -0.25) is 0 Å². The monoisotopic (exact) mass is 252 g/mol.